The van der Waals surface area contributed by atoms with Crippen LogP contribution in [0.25, 0.3) is 0 Å². The highest BCUT2D eigenvalue weighted by Gasteiger charge is 2.59. The van der Waals surface area contributed by atoms with Crippen LogP contribution < -0.4 is 19.8 Å². The third kappa shape index (κ3) is 11.4. The van der Waals surface area contributed by atoms with Gasteiger partial charge in [0.1, 0.15) is 11.5 Å². The van der Waals surface area contributed by atoms with Gasteiger partial charge in [-0.25, -0.2) is 4.79 Å². The Bertz CT molecular complexity index is 1480. The average Bonchev–Trinajstić information content (AvgIpc) is 3.09. The van der Waals surface area contributed by atoms with Crippen LogP contribution in [0.2, 0.25) is 6.04 Å². The normalized spacial score (nSPS) is 12.9. The second kappa shape index (κ2) is 19.2. The first-order chi connectivity index (χ1) is 23.2. The van der Waals surface area contributed by atoms with Crippen LogP contribution in [-0.4, -0.2) is 80.9 Å². The van der Waals surface area contributed by atoms with E-state index in [0.717, 1.165) is 12.1 Å². The van der Waals surface area contributed by atoms with E-state index in [4.69, 9.17) is 36.0 Å². The average molecular weight is 757 g/mol. The van der Waals surface area contributed by atoms with Crippen LogP contribution in [0.1, 0.15) is 13.3 Å². The molecule has 11 nitrogen and oxygen atoms in total. The molecule has 0 saturated heterocycles. The number of carbonyl (C=O) groups excluding carboxylic acids is 1. The van der Waals surface area contributed by atoms with E-state index in [1.807, 2.05) is 0 Å². The molecule has 0 aliphatic carbocycles. The summed E-state index contributed by atoms with van der Waals surface area (Å²) < 4.78 is 135. The van der Waals surface area contributed by atoms with Crippen molar-refractivity contribution in [3.05, 3.63) is 84.9 Å². The number of hydrogen-bond donors (Lipinski definition) is 0. The molecule has 2 radical (unpaired) electrons. The van der Waals surface area contributed by atoms with Crippen LogP contribution in [0, 0.1) is 0 Å². The highest BCUT2D eigenvalue weighted by atomic mass is 28.5. The summed E-state index contributed by atoms with van der Waals surface area (Å²) in [6.07, 6.45) is -5.09. The van der Waals surface area contributed by atoms with Gasteiger partial charge in [-0.1, -0.05) is 36.9 Å². The molecular formula is C29H34F6O11Si3. The zero-order valence-electron chi connectivity index (χ0n) is 27.2. The van der Waals surface area contributed by atoms with E-state index >= 15 is 0 Å². The molecule has 2 aromatic carbocycles. The summed E-state index contributed by atoms with van der Waals surface area (Å²) in [7, 11) is -3.28. The predicted molar refractivity (Wildman–Crippen MR) is 167 cm³/mol. The lowest BCUT2D eigenvalue weighted by molar-refractivity contribution is -0.278. The van der Waals surface area contributed by atoms with E-state index in [0.29, 0.717) is 12.5 Å². The summed E-state index contributed by atoms with van der Waals surface area (Å²) in [5.41, 5.74) is -1.72. The van der Waals surface area contributed by atoms with Gasteiger partial charge in [-0.15, -0.1) is 0 Å². The summed E-state index contributed by atoms with van der Waals surface area (Å²) in [5, 5.41) is 0.0211. The SMILES string of the molecule is C=C(C)C(=O)OCCC[Si]C(OC)(OC)O[Si](OC)(O[Si](OC)(OC)c1cccc(OC(F)=C(F)F)c1)c1cccc(OC(F)=C(F)F)c1. The third-order valence-electron chi connectivity index (χ3n) is 6.21. The van der Waals surface area contributed by atoms with Gasteiger partial charge in [0, 0.05) is 51.5 Å². The van der Waals surface area contributed by atoms with Crippen LogP contribution in [0.3, 0.4) is 0 Å². The molecule has 0 N–H and O–H groups in total. The minimum absolute atomic E-state index is 0.0231. The molecule has 20 heteroatoms. The van der Waals surface area contributed by atoms with Gasteiger partial charge in [0.2, 0.25) is 5.60 Å². The molecule has 2 aromatic rings. The van der Waals surface area contributed by atoms with E-state index in [1.165, 1.54) is 78.9 Å². The molecule has 2 rings (SSSR count). The minimum Gasteiger partial charge on any atom is -0.462 e. The van der Waals surface area contributed by atoms with E-state index in [-0.39, 0.29) is 37.8 Å². The summed E-state index contributed by atoms with van der Waals surface area (Å²) in [6, 6.07) is 5.97. The number of halogens is 6. The molecule has 270 valence electrons. The smallest absolute Gasteiger partial charge is 0.462 e. The lowest BCUT2D eigenvalue weighted by atomic mass is 10.3. The largest absolute Gasteiger partial charge is 0.533 e. The quantitative estimate of drug-likeness (QED) is 0.0326. The Morgan fingerprint density at radius 2 is 1.24 bits per heavy atom. The van der Waals surface area contributed by atoms with Crippen molar-refractivity contribution in [2.75, 3.05) is 42.2 Å². The Balaban J connectivity index is 2.69. The molecule has 1 unspecified atom stereocenters. The lowest BCUT2D eigenvalue weighted by Crippen LogP contribution is -2.71. The molecule has 0 spiro atoms. The van der Waals surface area contributed by atoms with E-state index in [1.54, 1.807) is 0 Å². The summed E-state index contributed by atoms with van der Waals surface area (Å²) in [4.78, 5) is 11.8. The Morgan fingerprint density at radius 3 is 1.65 bits per heavy atom. The zero-order chi connectivity index (χ0) is 36.8. The van der Waals surface area contributed by atoms with Crippen molar-refractivity contribution in [1.29, 1.82) is 0 Å². The fraction of sp³-hybridized carbons (Fsp3) is 0.345. The minimum atomic E-state index is -4.64. The molecule has 0 aromatic heterocycles. The standard InChI is InChI=1S/C29H34F6O11Si3/c1-19(2)28(36)42-15-10-16-47-29(37-3,38-4)45-49(41-7,23-14-9-12-21(18-23)44-27(35)25(32)33)46-48(39-5,40-6)22-13-8-11-20(17-22)43-26(34)24(30)31/h8-9,11-14,17-18H,1,10,15-16H2,2-7H3. The first kappa shape index (κ1) is 41.9. The Hall–Kier alpha value is -3.32. The molecule has 0 saturated carbocycles. The van der Waals surface area contributed by atoms with Crippen LogP contribution in [0.15, 0.2) is 84.9 Å². The number of ether oxygens (including phenoxy) is 5. The topological polar surface area (TPSA) is 109 Å². The van der Waals surface area contributed by atoms with Crippen LogP contribution in [-0.2, 0) is 40.8 Å². The van der Waals surface area contributed by atoms with Gasteiger partial charge in [-0.2, -0.15) is 26.3 Å². The second-order valence-corrected chi connectivity index (χ2v) is 16.5. The maximum atomic E-state index is 13.8. The molecule has 0 aliphatic heterocycles. The molecule has 49 heavy (non-hydrogen) atoms. The van der Waals surface area contributed by atoms with E-state index in [2.05, 4.69) is 16.1 Å². The Morgan fingerprint density at radius 1 is 0.776 bits per heavy atom. The number of benzene rings is 2. The van der Waals surface area contributed by atoms with Crippen molar-refractivity contribution in [3.8, 4) is 11.5 Å². The molecule has 0 heterocycles. The number of methoxy groups -OCH3 is 2. The van der Waals surface area contributed by atoms with Crippen LogP contribution in [0.5, 0.6) is 11.5 Å². The third-order valence-corrected chi connectivity index (χ3v) is 14.3. The summed E-state index contributed by atoms with van der Waals surface area (Å²) in [5.74, 6) is -1.38. The molecule has 0 bridgehead atoms. The van der Waals surface area contributed by atoms with Crippen molar-refractivity contribution in [3.63, 3.8) is 0 Å². The van der Waals surface area contributed by atoms with Crippen LogP contribution >= 0.6 is 0 Å². The highest BCUT2D eigenvalue weighted by molar-refractivity contribution is 6.88. The van der Waals surface area contributed by atoms with E-state index < -0.39 is 59.1 Å². The van der Waals surface area contributed by atoms with Crippen molar-refractivity contribution in [2.24, 2.45) is 0 Å². The monoisotopic (exact) mass is 756 g/mol. The van der Waals surface area contributed by atoms with Gasteiger partial charge in [-0.05, 0) is 37.6 Å². The molecular weight excluding hydrogens is 723 g/mol. The lowest BCUT2D eigenvalue weighted by Gasteiger charge is -2.42. The Labute approximate surface area is 283 Å². The maximum Gasteiger partial charge on any atom is 0.533 e. The molecule has 1 atom stereocenters. The van der Waals surface area contributed by atoms with Gasteiger partial charge < -0.3 is 45.5 Å². The van der Waals surface area contributed by atoms with Gasteiger partial charge in [-0.3, -0.25) is 0 Å². The van der Waals surface area contributed by atoms with Crippen molar-refractivity contribution in [2.45, 2.75) is 25.0 Å². The zero-order valence-corrected chi connectivity index (χ0v) is 30.2. The van der Waals surface area contributed by atoms with Crippen molar-refractivity contribution >= 4 is 43.5 Å². The van der Waals surface area contributed by atoms with Gasteiger partial charge >= 0.3 is 47.8 Å². The molecule has 0 amide bonds. The van der Waals surface area contributed by atoms with Crippen LogP contribution in [0.4, 0.5) is 26.3 Å². The highest BCUT2D eigenvalue weighted by Crippen LogP contribution is 2.29. The number of carbonyl (C=O) groups is 1. The van der Waals surface area contributed by atoms with Gasteiger partial charge in [0.25, 0.3) is 0 Å². The van der Waals surface area contributed by atoms with E-state index in [9.17, 15) is 31.1 Å². The summed E-state index contributed by atoms with van der Waals surface area (Å²) >= 11 is 0. The number of esters is 1. The Kier molecular flexibility index (Phi) is 16.4. The van der Waals surface area contributed by atoms with Gasteiger partial charge in [0.05, 0.1) is 6.61 Å². The molecule has 0 fully saturated rings. The fourth-order valence-electron chi connectivity index (χ4n) is 3.89. The second-order valence-electron chi connectivity index (χ2n) is 9.42. The van der Waals surface area contributed by atoms with Gasteiger partial charge in [0.15, 0.2) is 9.52 Å². The summed E-state index contributed by atoms with van der Waals surface area (Å²) in [6.45, 7) is 5.05. The number of rotatable bonds is 21. The maximum absolute atomic E-state index is 13.8. The predicted octanol–water partition coefficient (Wildman–Crippen LogP) is 5.01. The fourth-order valence-corrected chi connectivity index (χ4v) is 11.9. The first-order valence-corrected chi connectivity index (χ1v) is 18.5. The van der Waals surface area contributed by atoms with Crippen molar-refractivity contribution < 1.29 is 76.6 Å². The molecule has 0 aliphatic rings. The number of hydrogen-bond acceptors (Lipinski definition) is 11. The van der Waals surface area contributed by atoms with Crippen molar-refractivity contribution in [1.82, 2.24) is 0 Å². The first-order valence-electron chi connectivity index (χ1n) is 13.9.